The topological polar surface area (TPSA) is 49.4 Å². The third-order valence-electron chi connectivity index (χ3n) is 2.61. The van der Waals surface area contributed by atoms with Crippen LogP contribution in [-0.2, 0) is 16.1 Å². The molecule has 0 unspecified atom stereocenters. The lowest BCUT2D eigenvalue weighted by molar-refractivity contribution is -0.134. The molecule has 0 radical (unpaired) electrons. The average Bonchev–Trinajstić information content (AvgIpc) is 2.37. The van der Waals surface area contributed by atoms with Crippen molar-refractivity contribution in [2.45, 2.75) is 26.8 Å². The highest BCUT2D eigenvalue weighted by Gasteiger charge is 2.11. The van der Waals surface area contributed by atoms with Gasteiger partial charge in [-0.25, -0.2) is 0 Å². The van der Waals surface area contributed by atoms with Gasteiger partial charge in [-0.1, -0.05) is 37.3 Å². The predicted molar refractivity (Wildman–Crippen MR) is 70.8 cm³/mol. The quantitative estimate of drug-likeness (QED) is 0.830. The summed E-state index contributed by atoms with van der Waals surface area (Å²) in [5, 5.41) is 2.81. The SMILES string of the molecule is CCCN(CC(=O)NCc1ccccc1)C(C)=O. The summed E-state index contributed by atoms with van der Waals surface area (Å²) in [5.41, 5.74) is 1.05. The van der Waals surface area contributed by atoms with E-state index in [9.17, 15) is 9.59 Å². The summed E-state index contributed by atoms with van der Waals surface area (Å²) in [4.78, 5) is 24.5. The maximum Gasteiger partial charge on any atom is 0.239 e. The Morgan fingerprint density at radius 1 is 1.22 bits per heavy atom. The molecule has 0 saturated heterocycles. The third-order valence-corrected chi connectivity index (χ3v) is 2.61. The number of nitrogens with zero attached hydrogens (tertiary/aromatic N) is 1. The first-order valence-corrected chi connectivity index (χ1v) is 6.19. The molecule has 18 heavy (non-hydrogen) atoms. The van der Waals surface area contributed by atoms with Crippen molar-refractivity contribution in [3.8, 4) is 0 Å². The molecule has 98 valence electrons. The van der Waals surface area contributed by atoms with E-state index >= 15 is 0 Å². The summed E-state index contributed by atoms with van der Waals surface area (Å²) in [6.45, 7) is 4.72. The van der Waals surface area contributed by atoms with Crippen LogP contribution in [0.5, 0.6) is 0 Å². The van der Waals surface area contributed by atoms with Gasteiger partial charge in [-0.15, -0.1) is 0 Å². The molecule has 0 aromatic heterocycles. The van der Waals surface area contributed by atoms with Crippen molar-refractivity contribution in [1.29, 1.82) is 0 Å². The number of rotatable bonds is 6. The van der Waals surface area contributed by atoms with Crippen molar-refractivity contribution in [3.63, 3.8) is 0 Å². The second-order valence-electron chi connectivity index (χ2n) is 4.20. The predicted octanol–water partition coefficient (Wildman–Crippen LogP) is 1.56. The summed E-state index contributed by atoms with van der Waals surface area (Å²) >= 11 is 0. The summed E-state index contributed by atoms with van der Waals surface area (Å²) in [6, 6.07) is 9.70. The van der Waals surface area contributed by atoms with E-state index in [0.29, 0.717) is 13.1 Å². The van der Waals surface area contributed by atoms with Gasteiger partial charge in [0, 0.05) is 20.0 Å². The maximum absolute atomic E-state index is 11.7. The highest BCUT2D eigenvalue weighted by atomic mass is 16.2. The lowest BCUT2D eigenvalue weighted by atomic mass is 10.2. The Hall–Kier alpha value is -1.84. The molecule has 4 heteroatoms. The Kier molecular flexibility index (Phi) is 5.91. The van der Waals surface area contributed by atoms with Gasteiger partial charge in [0.15, 0.2) is 0 Å². The van der Waals surface area contributed by atoms with Crippen molar-refractivity contribution >= 4 is 11.8 Å². The van der Waals surface area contributed by atoms with Crippen LogP contribution in [0.25, 0.3) is 0 Å². The normalized spacial score (nSPS) is 9.89. The molecule has 2 amide bonds. The summed E-state index contributed by atoms with van der Waals surface area (Å²) in [5.74, 6) is -0.186. The fourth-order valence-electron chi connectivity index (χ4n) is 1.64. The highest BCUT2D eigenvalue weighted by Crippen LogP contribution is 1.98. The number of hydrogen-bond acceptors (Lipinski definition) is 2. The van der Waals surface area contributed by atoms with Gasteiger partial charge in [-0.2, -0.15) is 0 Å². The molecular weight excluding hydrogens is 228 g/mol. The number of hydrogen-bond donors (Lipinski definition) is 1. The number of carbonyl (C=O) groups is 2. The first-order chi connectivity index (χ1) is 8.63. The average molecular weight is 248 g/mol. The van der Waals surface area contributed by atoms with Gasteiger partial charge in [-0.05, 0) is 12.0 Å². The molecule has 0 aliphatic rings. The molecule has 4 nitrogen and oxygen atoms in total. The van der Waals surface area contributed by atoms with Crippen LogP contribution in [0.4, 0.5) is 0 Å². The summed E-state index contributed by atoms with van der Waals surface area (Å²) in [7, 11) is 0. The molecule has 0 aliphatic carbocycles. The lowest BCUT2D eigenvalue weighted by Crippen LogP contribution is -2.39. The van der Waals surface area contributed by atoms with Gasteiger partial charge in [0.05, 0.1) is 6.54 Å². The largest absolute Gasteiger partial charge is 0.350 e. The van der Waals surface area contributed by atoms with E-state index in [1.165, 1.54) is 6.92 Å². The van der Waals surface area contributed by atoms with Gasteiger partial charge in [0.25, 0.3) is 0 Å². The third kappa shape index (κ3) is 4.99. The molecule has 0 heterocycles. The zero-order chi connectivity index (χ0) is 13.4. The fourth-order valence-corrected chi connectivity index (χ4v) is 1.64. The number of nitrogens with one attached hydrogen (secondary N) is 1. The van der Waals surface area contributed by atoms with Crippen LogP contribution in [0, 0.1) is 0 Å². The minimum absolute atomic E-state index is 0.0632. The van der Waals surface area contributed by atoms with Gasteiger partial charge >= 0.3 is 0 Å². The van der Waals surface area contributed by atoms with Gasteiger partial charge in [0.2, 0.25) is 11.8 Å². The zero-order valence-electron chi connectivity index (χ0n) is 11.0. The second-order valence-corrected chi connectivity index (χ2v) is 4.20. The molecule has 0 atom stereocenters. The number of carbonyl (C=O) groups excluding carboxylic acids is 2. The molecule has 0 aliphatic heterocycles. The first kappa shape index (κ1) is 14.2. The molecule has 0 saturated carbocycles. The standard InChI is InChI=1S/C14H20N2O2/c1-3-9-16(12(2)17)11-14(18)15-10-13-7-5-4-6-8-13/h4-8H,3,9-11H2,1-2H3,(H,15,18). The van der Waals surface area contributed by atoms with Crippen LogP contribution in [0.3, 0.4) is 0 Å². The monoisotopic (exact) mass is 248 g/mol. The lowest BCUT2D eigenvalue weighted by Gasteiger charge is -2.19. The number of benzene rings is 1. The van der Waals surface area contributed by atoms with Gasteiger partial charge in [0.1, 0.15) is 0 Å². The van der Waals surface area contributed by atoms with Crippen molar-refractivity contribution in [3.05, 3.63) is 35.9 Å². The molecule has 1 rings (SSSR count). The fraction of sp³-hybridized carbons (Fsp3) is 0.429. The molecule has 1 N–H and O–H groups in total. The van der Waals surface area contributed by atoms with Gasteiger partial charge < -0.3 is 10.2 Å². The van der Waals surface area contributed by atoms with Crippen molar-refractivity contribution in [1.82, 2.24) is 10.2 Å². The van der Waals surface area contributed by atoms with Crippen LogP contribution in [-0.4, -0.2) is 29.8 Å². The Morgan fingerprint density at radius 3 is 2.44 bits per heavy atom. The first-order valence-electron chi connectivity index (χ1n) is 6.19. The Bertz CT molecular complexity index is 390. The maximum atomic E-state index is 11.7. The van der Waals surface area contributed by atoms with Gasteiger partial charge in [-0.3, -0.25) is 9.59 Å². The molecule has 0 bridgehead atoms. The van der Waals surface area contributed by atoms with Crippen molar-refractivity contribution in [2.75, 3.05) is 13.1 Å². The molecule has 0 spiro atoms. The van der Waals surface area contributed by atoms with E-state index in [1.54, 1.807) is 4.90 Å². The minimum Gasteiger partial charge on any atom is -0.350 e. The number of amides is 2. The van der Waals surface area contributed by atoms with E-state index in [0.717, 1.165) is 12.0 Å². The Morgan fingerprint density at radius 2 is 1.89 bits per heavy atom. The Balaban J connectivity index is 2.39. The smallest absolute Gasteiger partial charge is 0.239 e. The minimum atomic E-state index is -0.123. The van der Waals surface area contributed by atoms with E-state index in [-0.39, 0.29) is 18.4 Å². The summed E-state index contributed by atoms with van der Waals surface area (Å²) < 4.78 is 0. The van der Waals surface area contributed by atoms with Crippen molar-refractivity contribution in [2.24, 2.45) is 0 Å². The Labute approximate surface area is 108 Å². The van der Waals surface area contributed by atoms with E-state index in [1.807, 2.05) is 37.3 Å². The van der Waals surface area contributed by atoms with E-state index in [2.05, 4.69) is 5.32 Å². The van der Waals surface area contributed by atoms with Crippen LogP contribution < -0.4 is 5.32 Å². The zero-order valence-corrected chi connectivity index (χ0v) is 11.0. The second kappa shape index (κ2) is 7.48. The molecule has 0 fully saturated rings. The van der Waals surface area contributed by atoms with Crippen LogP contribution in [0.15, 0.2) is 30.3 Å². The van der Waals surface area contributed by atoms with Crippen LogP contribution in [0.1, 0.15) is 25.8 Å². The highest BCUT2D eigenvalue weighted by molar-refractivity contribution is 5.83. The molecular formula is C14H20N2O2. The van der Waals surface area contributed by atoms with Crippen LogP contribution >= 0.6 is 0 Å². The van der Waals surface area contributed by atoms with E-state index in [4.69, 9.17) is 0 Å². The van der Waals surface area contributed by atoms with Crippen molar-refractivity contribution < 1.29 is 9.59 Å². The van der Waals surface area contributed by atoms with E-state index < -0.39 is 0 Å². The molecule has 1 aromatic carbocycles. The summed E-state index contributed by atoms with van der Waals surface area (Å²) in [6.07, 6.45) is 0.853. The van der Waals surface area contributed by atoms with Crippen LogP contribution in [0.2, 0.25) is 0 Å². The molecule has 1 aromatic rings.